The van der Waals surface area contributed by atoms with Crippen molar-refractivity contribution >= 4 is 5.97 Å². The van der Waals surface area contributed by atoms with E-state index in [2.05, 4.69) is 10.2 Å². The molecule has 1 N–H and O–H groups in total. The minimum Gasteiger partial charge on any atom is -0.478 e. The fourth-order valence-electron chi connectivity index (χ4n) is 1.72. The van der Waals surface area contributed by atoms with Crippen LogP contribution < -0.4 is 0 Å². The number of nitrogens with zero attached hydrogens (tertiary/aromatic N) is 4. The van der Waals surface area contributed by atoms with Crippen LogP contribution in [0.4, 0.5) is 0 Å². The number of hydrogen-bond acceptors (Lipinski definition) is 3. The van der Waals surface area contributed by atoms with Crippen LogP contribution in [-0.2, 0) is 20.0 Å². The Labute approximate surface area is 98.5 Å². The summed E-state index contributed by atoms with van der Waals surface area (Å²) in [5.74, 6) is -0.936. The van der Waals surface area contributed by atoms with E-state index in [1.807, 2.05) is 13.1 Å². The lowest BCUT2D eigenvalue weighted by molar-refractivity contribution is 0.0696. The summed E-state index contributed by atoms with van der Waals surface area (Å²) >= 11 is 0. The molecule has 0 bridgehead atoms. The highest BCUT2D eigenvalue weighted by Crippen LogP contribution is 2.07. The third-order valence-electron chi connectivity index (χ3n) is 2.70. The van der Waals surface area contributed by atoms with Crippen molar-refractivity contribution in [1.82, 2.24) is 19.6 Å². The molecule has 0 aromatic carbocycles. The molecule has 90 valence electrons. The van der Waals surface area contributed by atoms with E-state index in [0.717, 1.165) is 12.1 Å². The fraction of sp³-hybridized carbons (Fsp3) is 0.364. The van der Waals surface area contributed by atoms with Gasteiger partial charge in [-0.15, -0.1) is 0 Å². The maximum Gasteiger partial charge on any atom is 0.339 e. The second-order valence-corrected chi connectivity index (χ2v) is 3.89. The summed E-state index contributed by atoms with van der Waals surface area (Å²) in [5, 5.41) is 17.1. The van der Waals surface area contributed by atoms with Crippen molar-refractivity contribution in [3.63, 3.8) is 0 Å². The van der Waals surface area contributed by atoms with Crippen molar-refractivity contribution in [3.05, 3.63) is 35.4 Å². The molecule has 0 saturated heterocycles. The summed E-state index contributed by atoms with van der Waals surface area (Å²) in [6.45, 7) is 2.34. The summed E-state index contributed by atoms with van der Waals surface area (Å²) in [6.07, 6.45) is 4.08. The van der Waals surface area contributed by atoms with E-state index in [-0.39, 0.29) is 5.56 Å². The van der Waals surface area contributed by atoms with E-state index in [0.29, 0.717) is 12.2 Å². The zero-order valence-corrected chi connectivity index (χ0v) is 9.79. The molecule has 2 aromatic heterocycles. The van der Waals surface area contributed by atoms with Gasteiger partial charge in [-0.3, -0.25) is 9.36 Å². The number of carboxylic acids is 1. The van der Waals surface area contributed by atoms with E-state index in [1.54, 1.807) is 28.7 Å². The molecule has 0 unspecified atom stereocenters. The number of carboxylic acid groups (broad SMARTS) is 1. The molecule has 0 fully saturated rings. The number of aromatic carboxylic acids is 1. The summed E-state index contributed by atoms with van der Waals surface area (Å²) < 4.78 is 3.46. The predicted molar refractivity (Wildman–Crippen MR) is 60.8 cm³/mol. The Balaban J connectivity index is 2.07. The summed E-state index contributed by atoms with van der Waals surface area (Å²) in [6, 6.07) is 1.94. The second kappa shape index (κ2) is 4.40. The maximum atomic E-state index is 10.9. The first kappa shape index (κ1) is 11.4. The SMILES string of the molecule is Cc1nn(CCc2ccnn2C)cc1C(=O)O. The predicted octanol–water partition coefficient (Wildman–Crippen LogP) is 0.866. The van der Waals surface area contributed by atoms with Gasteiger partial charge in [0.25, 0.3) is 0 Å². The molecule has 0 aliphatic rings. The average Bonchev–Trinajstić information content (AvgIpc) is 2.82. The molecule has 6 nitrogen and oxygen atoms in total. The third-order valence-corrected chi connectivity index (χ3v) is 2.70. The Morgan fingerprint density at radius 3 is 2.82 bits per heavy atom. The van der Waals surface area contributed by atoms with Crippen LogP contribution in [0.1, 0.15) is 21.7 Å². The highest BCUT2D eigenvalue weighted by Gasteiger charge is 2.11. The minimum absolute atomic E-state index is 0.259. The molecule has 0 spiro atoms. The zero-order chi connectivity index (χ0) is 12.4. The molecule has 2 rings (SSSR count). The third kappa shape index (κ3) is 2.35. The molecule has 0 aliphatic heterocycles. The van der Waals surface area contributed by atoms with Crippen LogP contribution in [0.25, 0.3) is 0 Å². The van der Waals surface area contributed by atoms with Crippen LogP contribution in [0.3, 0.4) is 0 Å². The van der Waals surface area contributed by atoms with Gasteiger partial charge < -0.3 is 5.11 Å². The summed E-state index contributed by atoms with van der Waals surface area (Å²) in [5.41, 5.74) is 1.90. The van der Waals surface area contributed by atoms with E-state index in [9.17, 15) is 4.79 Å². The standard InChI is InChI=1S/C11H14N4O2/c1-8-10(11(16)17)7-15(13-8)6-4-9-3-5-12-14(9)2/h3,5,7H,4,6H2,1-2H3,(H,16,17). The Morgan fingerprint density at radius 1 is 1.53 bits per heavy atom. The summed E-state index contributed by atoms with van der Waals surface area (Å²) in [7, 11) is 1.88. The van der Waals surface area contributed by atoms with E-state index in [1.165, 1.54) is 0 Å². The Morgan fingerprint density at radius 2 is 2.29 bits per heavy atom. The average molecular weight is 234 g/mol. The number of rotatable bonds is 4. The van der Waals surface area contributed by atoms with Crippen molar-refractivity contribution in [2.24, 2.45) is 7.05 Å². The molecule has 0 atom stereocenters. The molecule has 6 heteroatoms. The molecule has 0 radical (unpaired) electrons. The van der Waals surface area contributed by atoms with Gasteiger partial charge in [0, 0.05) is 38.1 Å². The Hall–Kier alpha value is -2.11. The monoisotopic (exact) mass is 234 g/mol. The van der Waals surface area contributed by atoms with Gasteiger partial charge in [0.2, 0.25) is 0 Å². The van der Waals surface area contributed by atoms with Gasteiger partial charge in [-0.2, -0.15) is 10.2 Å². The smallest absolute Gasteiger partial charge is 0.339 e. The van der Waals surface area contributed by atoms with Gasteiger partial charge in [-0.05, 0) is 13.0 Å². The first-order valence-corrected chi connectivity index (χ1v) is 5.32. The first-order valence-electron chi connectivity index (χ1n) is 5.32. The highest BCUT2D eigenvalue weighted by atomic mass is 16.4. The van der Waals surface area contributed by atoms with Crippen LogP contribution in [0.5, 0.6) is 0 Å². The molecule has 17 heavy (non-hydrogen) atoms. The van der Waals surface area contributed by atoms with Gasteiger partial charge >= 0.3 is 5.97 Å². The molecule has 2 heterocycles. The highest BCUT2D eigenvalue weighted by molar-refractivity contribution is 5.88. The summed E-state index contributed by atoms with van der Waals surface area (Å²) in [4.78, 5) is 10.9. The van der Waals surface area contributed by atoms with Gasteiger partial charge in [0.05, 0.1) is 5.69 Å². The van der Waals surface area contributed by atoms with E-state index < -0.39 is 5.97 Å². The van der Waals surface area contributed by atoms with Crippen molar-refractivity contribution in [3.8, 4) is 0 Å². The van der Waals surface area contributed by atoms with Crippen molar-refractivity contribution in [2.45, 2.75) is 19.9 Å². The first-order chi connectivity index (χ1) is 8.08. The second-order valence-electron chi connectivity index (χ2n) is 3.89. The van der Waals surface area contributed by atoms with Crippen LogP contribution in [0.2, 0.25) is 0 Å². The van der Waals surface area contributed by atoms with Gasteiger partial charge in [-0.25, -0.2) is 4.79 Å². The quantitative estimate of drug-likeness (QED) is 0.851. The van der Waals surface area contributed by atoms with Gasteiger partial charge in [0.15, 0.2) is 0 Å². The zero-order valence-electron chi connectivity index (χ0n) is 9.79. The number of aryl methyl sites for hydroxylation is 4. The Bertz CT molecular complexity index is 541. The van der Waals surface area contributed by atoms with Crippen molar-refractivity contribution < 1.29 is 9.90 Å². The van der Waals surface area contributed by atoms with Crippen LogP contribution in [-0.4, -0.2) is 30.6 Å². The largest absolute Gasteiger partial charge is 0.478 e. The molecule has 0 aliphatic carbocycles. The van der Waals surface area contributed by atoms with Gasteiger partial charge in [-0.1, -0.05) is 0 Å². The van der Waals surface area contributed by atoms with Crippen LogP contribution in [0, 0.1) is 6.92 Å². The Kier molecular flexibility index (Phi) is 2.95. The van der Waals surface area contributed by atoms with Crippen molar-refractivity contribution in [1.29, 1.82) is 0 Å². The normalized spacial score (nSPS) is 10.7. The minimum atomic E-state index is -0.936. The van der Waals surface area contributed by atoms with E-state index in [4.69, 9.17) is 5.11 Å². The molecular weight excluding hydrogens is 220 g/mol. The van der Waals surface area contributed by atoms with Gasteiger partial charge in [0.1, 0.15) is 5.56 Å². The molecule has 2 aromatic rings. The molecular formula is C11H14N4O2. The topological polar surface area (TPSA) is 72.9 Å². The fourth-order valence-corrected chi connectivity index (χ4v) is 1.72. The van der Waals surface area contributed by atoms with Crippen LogP contribution in [0.15, 0.2) is 18.5 Å². The number of hydrogen-bond donors (Lipinski definition) is 1. The maximum absolute atomic E-state index is 10.9. The molecule has 0 amide bonds. The lowest BCUT2D eigenvalue weighted by Crippen LogP contribution is -2.06. The lowest BCUT2D eigenvalue weighted by atomic mass is 10.3. The number of aromatic nitrogens is 4. The van der Waals surface area contributed by atoms with Crippen LogP contribution >= 0.6 is 0 Å². The lowest BCUT2D eigenvalue weighted by Gasteiger charge is -2.02. The number of carbonyl (C=O) groups is 1. The molecule has 0 saturated carbocycles. The van der Waals surface area contributed by atoms with Crippen molar-refractivity contribution in [2.75, 3.05) is 0 Å². The van der Waals surface area contributed by atoms with E-state index >= 15 is 0 Å².